The van der Waals surface area contributed by atoms with Crippen LogP contribution in [0.2, 0.25) is 0 Å². The quantitative estimate of drug-likeness (QED) is 0.820. The summed E-state index contributed by atoms with van der Waals surface area (Å²) in [5, 5.41) is 3.32. The molecule has 2 rings (SSSR count). The minimum atomic E-state index is -0.285. The number of anilines is 1. The molecule has 1 aliphatic carbocycles. The fourth-order valence-electron chi connectivity index (χ4n) is 2.28. The third-order valence-electron chi connectivity index (χ3n) is 3.59. The predicted octanol–water partition coefficient (Wildman–Crippen LogP) is 2.47. The van der Waals surface area contributed by atoms with Gasteiger partial charge in [0.05, 0.1) is 12.3 Å². The van der Waals surface area contributed by atoms with Crippen molar-refractivity contribution in [3.05, 3.63) is 17.6 Å². The molecule has 1 fully saturated rings. The number of aromatic nitrogens is 2. The van der Waals surface area contributed by atoms with E-state index in [1.165, 1.54) is 6.42 Å². The summed E-state index contributed by atoms with van der Waals surface area (Å²) < 4.78 is 10.8. The minimum absolute atomic E-state index is 0.285. The average Bonchev–Trinajstić information content (AvgIpc) is 2.36. The van der Waals surface area contributed by atoms with Gasteiger partial charge in [0.1, 0.15) is 11.4 Å². The summed E-state index contributed by atoms with van der Waals surface area (Å²) in [6, 6.07) is 1.95. The molecule has 1 aromatic rings. The molecule has 1 heterocycles. The molecule has 0 aliphatic heterocycles. The van der Waals surface area contributed by atoms with Crippen LogP contribution in [0.25, 0.3) is 0 Å². The van der Waals surface area contributed by atoms with Crippen molar-refractivity contribution < 1.29 is 9.47 Å². The van der Waals surface area contributed by atoms with Gasteiger partial charge in [0.25, 0.3) is 0 Å². The average molecular weight is 265 g/mol. The second kappa shape index (κ2) is 6.30. The fraction of sp³-hybridized carbons (Fsp3) is 0.714. The Hall–Kier alpha value is -1.20. The molecule has 5 nitrogen and oxygen atoms in total. The third-order valence-corrected chi connectivity index (χ3v) is 3.59. The van der Waals surface area contributed by atoms with Crippen molar-refractivity contribution in [2.75, 3.05) is 26.1 Å². The molecule has 0 unspecified atom stereocenters. The second-order valence-electron chi connectivity index (χ2n) is 4.98. The first-order valence-electron chi connectivity index (χ1n) is 6.90. The van der Waals surface area contributed by atoms with E-state index in [2.05, 4.69) is 22.2 Å². The lowest BCUT2D eigenvalue weighted by Crippen LogP contribution is -2.38. The molecule has 1 saturated carbocycles. The number of hydrogen-bond donors (Lipinski definition) is 1. The van der Waals surface area contributed by atoms with Crippen molar-refractivity contribution in [2.24, 2.45) is 0 Å². The van der Waals surface area contributed by atoms with Crippen LogP contribution in [0, 0.1) is 0 Å². The Balaban J connectivity index is 2.27. The zero-order valence-corrected chi connectivity index (χ0v) is 12.0. The highest BCUT2D eigenvalue weighted by atomic mass is 16.5. The van der Waals surface area contributed by atoms with E-state index in [1.54, 1.807) is 14.2 Å². The Morgan fingerprint density at radius 1 is 1.32 bits per heavy atom. The number of nitrogens with zero attached hydrogens (tertiary/aromatic N) is 2. The second-order valence-corrected chi connectivity index (χ2v) is 4.98. The summed E-state index contributed by atoms with van der Waals surface area (Å²) in [4.78, 5) is 9.21. The van der Waals surface area contributed by atoms with Gasteiger partial charge in [0.2, 0.25) is 0 Å². The maximum Gasteiger partial charge on any atom is 0.162 e. The van der Waals surface area contributed by atoms with Gasteiger partial charge in [-0.15, -0.1) is 0 Å². The number of ether oxygens (including phenoxy) is 2. The first-order chi connectivity index (χ1) is 9.24. The van der Waals surface area contributed by atoms with Gasteiger partial charge in [-0.25, -0.2) is 9.97 Å². The largest absolute Gasteiger partial charge is 0.378 e. The molecule has 1 aromatic heterocycles. The Labute approximate surface area is 114 Å². The molecule has 106 valence electrons. The van der Waals surface area contributed by atoms with Gasteiger partial charge < -0.3 is 14.8 Å². The zero-order chi connectivity index (χ0) is 13.7. The van der Waals surface area contributed by atoms with Crippen LogP contribution in [0.3, 0.4) is 0 Å². The van der Waals surface area contributed by atoms with Crippen molar-refractivity contribution in [1.82, 2.24) is 9.97 Å². The van der Waals surface area contributed by atoms with Crippen LogP contribution in [0.4, 0.5) is 5.82 Å². The normalized spacial score (nSPS) is 17.0. The van der Waals surface area contributed by atoms with Gasteiger partial charge in [0, 0.05) is 26.8 Å². The summed E-state index contributed by atoms with van der Waals surface area (Å²) in [5.74, 6) is 1.65. The maximum absolute atomic E-state index is 5.66. The van der Waals surface area contributed by atoms with E-state index in [9.17, 15) is 0 Å². The highest BCUT2D eigenvalue weighted by Crippen LogP contribution is 2.42. The van der Waals surface area contributed by atoms with E-state index in [4.69, 9.17) is 9.47 Å². The fourth-order valence-corrected chi connectivity index (χ4v) is 2.28. The van der Waals surface area contributed by atoms with E-state index >= 15 is 0 Å². The van der Waals surface area contributed by atoms with Gasteiger partial charge in [-0.05, 0) is 25.7 Å². The van der Waals surface area contributed by atoms with E-state index in [1.807, 2.05) is 6.07 Å². The van der Waals surface area contributed by atoms with Crippen molar-refractivity contribution in [3.8, 4) is 0 Å². The lowest BCUT2D eigenvalue weighted by Gasteiger charge is -2.39. The van der Waals surface area contributed by atoms with Crippen molar-refractivity contribution >= 4 is 5.82 Å². The van der Waals surface area contributed by atoms with Crippen LogP contribution >= 0.6 is 0 Å². The maximum atomic E-state index is 5.66. The lowest BCUT2D eigenvalue weighted by atomic mass is 9.79. The first-order valence-corrected chi connectivity index (χ1v) is 6.90. The summed E-state index contributed by atoms with van der Waals surface area (Å²) in [5.41, 5.74) is 0.612. The molecule has 19 heavy (non-hydrogen) atoms. The molecule has 1 N–H and O–H groups in total. The van der Waals surface area contributed by atoms with E-state index in [-0.39, 0.29) is 5.60 Å². The molecule has 0 atom stereocenters. The highest BCUT2D eigenvalue weighted by molar-refractivity contribution is 5.37. The molecule has 0 spiro atoms. The Bertz CT molecular complexity index is 414. The van der Waals surface area contributed by atoms with Crippen LogP contribution < -0.4 is 5.32 Å². The van der Waals surface area contributed by atoms with Crippen molar-refractivity contribution in [1.29, 1.82) is 0 Å². The smallest absolute Gasteiger partial charge is 0.162 e. The molecule has 1 aliphatic rings. The first kappa shape index (κ1) is 14.2. The highest BCUT2D eigenvalue weighted by Gasteiger charge is 2.42. The summed E-state index contributed by atoms with van der Waals surface area (Å²) in [6.45, 7) is 3.53. The number of nitrogens with one attached hydrogen (secondary N) is 1. The number of rotatable bonds is 7. The zero-order valence-electron chi connectivity index (χ0n) is 12.0. The van der Waals surface area contributed by atoms with Gasteiger partial charge in [-0.1, -0.05) is 6.92 Å². The van der Waals surface area contributed by atoms with Gasteiger partial charge in [-0.3, -0.25) is 0 Å². The molecular weight excluding hydrogens is 242 g/mol. The number of hydrogen-bond acceptors (Lipinski definition) is 5. The van der Waals surface area contributed by atoms with Crippen LogP contribution in [0.5, 0.6) is 0 Å². The van der Waals surface area contributed by atoms with Crippen LogP contribution in [-0.2, 0) is 21.7 Å². The van der Waals surface area contributed by atoms with Crippen LogP contribution in [0.15, 0.2) is 6.07 Å². The lowest BCUT2D eigenvalue weighted by molar-refractivity contribution is -0.0848. The Kier molecular flexibility index (Phi) is 4.71. The summed E-state index contributed by atoms with van der Waals surface area (Å²) >= 11 is 0. The molecule has 0 aromatic carbocycles. The van der Waals surface area contributed by atoms with Crippen molar-refractivity contribution in [3.63, 3.8) is 0 Å². The van der Waals surface area contributed by atoms with Crippen LogP contribution in [-0.4, -0.2) is 30.7 Å². The molecule has 0 amide bonds. The van der Waals surface area contributed by atoms with Crippen LogP contribution in [0.1, 0.15) is 44.1 Å². The standard InChI is InChI=1S/C14H23N3O2/c1-4-8-15-12-9-11(10-18-2)16-13(17-12)14(19-3)6-5-7-14/h9H,4-8,10H2,1-3H3,(H,15,16,17). The monoisotopic (exact) mass is 265 g/mol. The minimum Gasteiger partial charge on any atom is -0.378 e. The Morgan fingerprint density at radius 2 is 2.11 bits per heavy atom. The van der Waals surface area contributed by atoms with Gasteiger partial charge >= 0.3 is 0 Å². The van der Waals surface area contributed by atoms with E-state index < -0.39 is 0 Å². The Morgan fingerprint density at radius 3 is 2.63 bits per heavy atom. The molecule has 0 bridgehead atoms. The third kappa shape index (κ3) is 3.04. The van der Waals surface area contributed by atoms with E-state index in [0.29, 0.717) is 6.61 Å². The topological polar surface area (TPSA) is 56.3 Å². The molecule has 0 radical (unpaired) electrons. The summed E-state index contributed by atoms with van der Waals surface area (Å²) in [6.07, 6.45) is 4.22. The van der Waals surface area contributed by atoms with Crippen molar-refractivity contribution in [2.45, 2.75) is 44.8 Å². The van der Waals surface area contributed by atoms with E-state index in [0.717, 1.165) is 43.1 Å². The predicted molar refractivity (Wildman–Crippen MR) is 74.1 cm³/mol. The molecule has 0 saturated heterocycles. The van der Waals surface area contributed by atoms with Gasteiger partial charge in [-0.2, -0.15) is 0 Å². The SMILES string of the molecule is CCCNc1cc(COC)nc(C2(OC)CCC2)n1. The van der Waals surface area contributed by atoms with Gasteiger partial charge in [0.15, 0.2) is 5.82 Å². The number of methoxy groups -OCH3 is 2. The molecular formula is C14H23N3O2. The molecule has 5 heteroatoms. The summed E-state index contributed by atoms with van der Waals surface area (Å²) in [7, 11) is 3.42.